The van der Waals surface area contributed by atoms with Gasteiger partial charge in [-0.3, -0.25) is 9.88 Å². The fourth-order valence-corrected chi connectivity index (χ4v) is 2.68. The maximum atomic E-state index is 8.77. The number of hydrogen-bond acceptors (Lipinski definition) is 4. The van der Waals surface area contributed by atoms with Gasteiger partial charge in [-0.15, -0.1) is 0 Å². The summed E-state index contributed by atoms with van der Waals surface area (Å²) in [5, 5.41) is 8.77. The molecule has 0 fully saturated rings. The summed E-state index contributed by atoms with van der Waals surface area (Å²) in [6, 6.07) is 14.2. The number of benzene rings is 1. The van der Waals surface area contributed by atoms with Gasteiger partial charge >= 0.3 is 0 Å². The summed E-state index contributed by atoms with van der Waals surface area (Å²) in [5.41, 5.74) is 4.22. The van der Waals surface area contributed by atoms with Crippen LogP contribution in [0.5, 0.6) is 0 Å². The van der Waals surface area contributed by atoms with E-state index in [0.29, 0.717) is 6.42 Å². The van der Waals surface area contributed by atoms with Gasteiger partial charge in [-0.1, -0.05) is 18.2 Å². The Balaban J connectivity index is 1.69. The molecule has 0 atom stereocenters. The number of pyridine rings is 1. The molecule has 3 rings (SSSR count). The minimum Gasteiger partial charge on any atom is -0.341 e. The van der Waals surface area contributed by atoms with Gasteiger partial charge < -0.3 is 4.98 Å². The Hall–Kier alpha value is -2.71. The van der Waals surface area contributed by atoms with Gasteiger partial charge in [0.05, 0.1) is 29.3 Å². The van der Waals surface area contributed by atoms with Crippen LogP contribution in [0.3, 0.4) is 0 Å². The van der Waals surface area contributed by atoms with Crippen LogP contribution in [0.15, 0.2) is 42.6 Å². The van der Waals surface area contributed by atoms with Crippen molar-refractivity contribution in [2.45, 2.75) is 25.9 Å². The second-order valence-corrected chi connectivity index (χ2v) is 5.64. The van der Waals surface area contributed by atoms with Crippen molar-refractivity contribution in [2.75, 3.05) is 7.05 Å². The van der Waals surface area contributed by atoms with Gasteiger partial charge in [-0.25, -0.2) is 4.98 Å². The summed E-state index contributed by atoms with van der Waals surface area (Å²) in [6.07, 6.45) is 3.07. The molecule has 2 heterocycles. The molecule has 116 valence electrons. The fourth-order valence-electron chi connectivity index (χ4n) is 2.68. The van der Waals surface area contributed by atoms with Crippen molar-refractivity contribution in [2.24, 2.45) is 0 Å². The van der Waals surface area contributed by atoms with E-state index < -0.39 is 0 Å². The number of para-hydroxylation sites is 2. The number of rotatable bonds is 6. The summed E-state index contributed by atoms with van der Waals surface area (Å²) in [6.45, 7) is 1.46. The molecular weight excluding hydrogens is 286 g/mol. The minimum atomic E-state index is 0.520. The van der Waals surface area contributed by atoms with Crippen LogP contribution >= 0.6 is 0 Å². The Kier molecular flexibility index (Phi) is 4.65. The van der Waals surface area contributed by atoms with E-state index in [2.05, 4.69) is 39.0 Å². The number of hydrogen-bond donors (Lipinski definition) is 1. The Morgan fingerprint density at radius 3 is 2.87 bits per heavy atom. The van der Waals surface area contributed by atoms with Crippen molar-refractivity contribution in [1.82, 2.24) is 19.9 Å². The number of nitrogens with one attached hydrogen (secondary N) is 1. The number of aromatic amines is 1. The normalized spacial score (nSPS) is 11.0. The Morgan fingerprint density at radius 2 is 2.04 bits per heavy atom. The molecule has 0 aliphatic carbocycles. The highest BCUT2D eigenvalue weighted by Crippen LogP contribution is 2.14. The topological polar surface area (TPSA) is 68.6 Å². The zero-order valence-electron chi connectivity index (χ0n) is 13.2. The third kappa shape index (κ3) is 3.74. The third-order valence-corrected chi connectivity index (χ3v) is 3.77. The molecule has 5 nitrogen and oxygen atoms in total. The second-order valence-electron chi connectivity index (χ2n) is 5.64. The first-order valence-electron chi connectivity index (χ1n) is 7.68. The first-order valence-corrected chi connectivity index (χ1v) is 7.68. The van der Waals surface area contributed by atoms with E-state index in [0.717, 1.165) is 47.6 Å². The number of nitriles is 1. The molecule has 0 aliphatic heterocycles. The molecule has 0 saturated heterocycles. The monoisotopic (exact) mass is 305 g/mol. The van der Waals surface area contributed by atoms with Crippen molar-refractivity contribution in [3.63, 3.8) is 0 Å². The highest BCUT2D eigenvalue weighted by molar-refractivity contribution is 5.74. The van der Waals surface area contributed by atoms with Gasteiger partial charge in [-0.2, -0.15) is 5.26 Å². The number of H-pyrrole nitrogens is 1. The largest absolute Gasteiger partial charge is 0.341 e. The molecule has 0 unspecified atom stereocenters. The predicted octanol–water partition coefficient (Wildman–Crippen LogP) is 3.05. The lowest BCUT2D eigenvalue weighted by atomic mass is 10.1. The molecule has 0 bridgehead atoms. The molecule has 5 heteroatoms. The first-order chi connectivity index (χ1) is 11.3. The molecule has 0 saturated carbocycles. The molecule has 0 amide bonds. The molecule has 1 aromatic carbocycles. The van der Waals surface area contributed by atoms with Crippen LogP contribution in [0.1, 0.15) is 23.5 Å². The maximum Gasteiger partial charge on any atom is 0.121 e. The second kappa shape index (κ2) is 7.03. The van der Waals surface area contributed by atoms with Crippen LogP contribution in [0, 0.1) is 11.3 Å². The molecule has 3 aromatic rings. The lowest BCUT2D eigenvalue weighted by molar-refractivity contribution is 0.307. The summed E-state index contributed by atoms with van der Waals surface area (Å²) < 4.78 is 0. The van der Waals surface area contributed by atoms with Gasteiger partial charge in [-0.05, 0) is 37.2 Å². The quantitative estimate of drug-likeness (QED) is 0.760. The van der Waals surface area contributed by atoms with E-state index >= 15 is 0 Å². The summed E-state index contributed by atoms with van der Waals surface area (Å²) >= 11 is 0. The van der Waals surface area contributed by atoms with Crippen LogP contribution in [0.25, 0.3) is 11.0 Å². The number of aromatic nitrogens is 3. The Morgan fingerprint density at radius 1 is 1.17 bits per heavy atom. The van der Waals surface area contributed by atoms with Gasteiger partial charge in [0.25, 0.3) is 0 Å². The van der Waals surface area contributed by atoms with E-state index in [1.165, 1.54) is 0 Å². The minimum absolute atomic E-state index is 0.520. The van der Waals surface area contributed by atoms with Crippen LogP contribution in [-0.4, -0.2) is 26.9 Å². The molecule has 1 N–H and O–H groups in total. The smallest absolute Gasteiger partial charge is 0.121 e. The van der Waals surface area contributed by atoms with Crippen molar-refractivity contribution in [1.29, 1.82) is 5.26 Å². The Labute approximate surface area is 135 Å². The molecular formula is C18H19N5. The third-order valence-electron chi connectivity index (χ3n) is 3.77. The van der Waals surface area contributed by atoms with Crippen molar-refractivity contribution >= 4 is 11.0 Å². The molecule has 2 aromatic heterocycles. The standard InChI is InChI=1S/C18H19N5/c1-23(12-17-14(6-4-10-19)7-5-11-20-17)13-18-21-15-8-2-3-9-16(15)22-18/h2-3,5,7-9,11H,4,6,12-13H2,1H3,(H,21,22). The number of aryl methyl sites for hydroxylation is 1. The highest BCUT2D eigenvalue weighted by Gasteiger charge is 2.09. The van der Waals surface area contributed by atoms with Crippen molar-refractivity contribution in [3.8, 4) is 6.07 Å². The van der Waals surface area contributed by atoms with Crippen molar-refractivity contribution in [3.05, 3.63) is 59.7 Å². The zero-order chi connectivity index (χ0) is 16.1. The van der Waals surface area contributed by atoms with Gasteiger partial charge in [0.1, 0.15) is 5.82 Å². The van der Waals surface area contributed by atoms with Crippen LogP contribution in [-0.2, 0) is 19.5 Å². The zero-order valence-corrected chi connectivity index (χ0v) is 13.2. The first kappa shape index (κ1) is 15.2. The van der Waals surface area contributed by atoms with Gasteiger partial charge in [0.2, 0.25) is 0 Å². The maximum absolute atomic E-state index is 8.77. The lowest BCUT2D eigenvalue weighted by Crippen LogP contribution is -2.19. The van der Waals surface area contributed by atoms with E-state index in [-0.39, 0.29) is 0 Å². The number of fused-ring (bicyclic) bond motifs is 1. The van der Waals surface area contributed by atoms with E-state index in [1.54, 1.807) is 6.20 Å². The van der Waals surface area contributed by atoms with E-state index in [4.69, 9.17) is 5.26 Å². The predicted molar refractivity (Wildman–Crippen MR) is 89.4 cm³/mol. The lowest BCUT2D eigenvalue weighted by Gasteiger charge is -2.16. The van der Waals surface area contributed by atoms with Crippen molar-refractivity contribution < 1.29 is 0 Å². The summed E-state index contributed by atoms with van der Waals surface area (Å²) in [7, 11) is 2.05. The van der Waals surface area contributed by atoms with Gasteiger partial charge in [0, 0.05) is 19.2 Å². The average molecular weight is 305 g/mol. The van der Waals surface area contributed by atoms with Crippen LogP contribution in [0.4, 0.5) is 0 Å². The van der Waals surface area contributed by atoms with E-state index in [9.17, 15) is 0 Å². The van der Waals surface area contributed by atoms with Crippen LogP contribution in [0.2, 0.25) is 0 Å². The molecule has 0 radical (unpaired) electrons. The summed E-state index contributed by atoms with van der Waals surface area (Å²) in [4.78, 5) is 14.6. The highest BCUT2D eigenvalue weighted by atomic mass is 15.1. The molecule has 0 aliphatic rings. The SMILES string of the molecule is CN(Cc1nc2ccccc2[nH]1)Cc1ncccc1CCC#N. The summed E-state index contributed by atoms with van der Waals surface area (Å²) in [5.74, 6) is 0.947. The van der Waals surface area contributed by atoms with Crippen LogP contribution < -0.4 is 0 Å². The molecule has 0 spiro atoms. The Bertz CT molecular complexity index is 798. The number of nitrogens with zero attached hydrogens (tertiary/aromatic N) is 4. The average Bonchev–Trinajstić information content (AvgIpc) is 2.96. The van der Waals surface area contributed by atoms with E-state index in [1.807, 2.05) is 30.3 Å². The molecule has 23 heavy (non-hydrogen) atoms. The number of imidazole rings is 1. The van der Waals surface area contributed by atoms with Gasteiger partial charge in [0.15, 0.2) is 0 Å². The fraction of sp³-hybridized carbons (Fsp3) is 0.278.